The normalized spacial score (nSPS) is 19.0. The summed E-state index contributed by atoms with van der Waals surface area (Å²) in [4.78, 5) is 19.4. The predicted octanol–water partition coefficient (Wildman–Crippen LogP) is 2.39. The maximum absolute atomic E-state index is 11.3. The maximum Gasteiger partial charge on any atom is 0.323 e. The Morgan fingerprint density at radius 1 is 1.29 bits per heavy atom. The molecule has 0 saturated carbocycles. The van der Waals surface area contributed by atoms with Crippen LogP contribution in [0.1, 0.15) is 26.7 Å². The van der Waals surface area contributed by atoms with Crippen LogP contribution in [0.3, 0.4) is 0 Å². The first-order valence-electron chi connectivity index (χ1n) is 7.86. The molecule has 1 fully saturated rings. The van der Waals surface area contributed by atoms with Crippen molar-refractivity contribution in [3.8, 4) is 0 Å². The van der Waals surface area contributed by atoms with Gasteiger partial charge in [-0.1, -0.05) is 6.92 Å². The Hall–Kier alpha value is -1.75. The second-order valence-corrected chi connectivity index (χ2v) is 6.04. The van der Waals surface area contributed by atoms with Crippen LogP contribution in [-0.4, -0.2) is 40.5 Å². The average Bonchev–Trinajstić information content (AvgIpc) is 2.86. The summed E-state index contributed by atoms with van der Waals surface area (Å²) in [6.45, 7) is 8.06. The topological polar surface area (TPSA) is 63.9 Å². The van der Waals surface area contributed by atoms with Crippen LogP contribution in [0.2, 0.25) is 0 Å². The number of anilines is 1. The Morgan fingerprint density at radius 2 is 2.00 bits per heavy atom. The first-order chi connectivity index (χ1) is 10.2. The SMILES string of the molecule is CCN1CCC(C(C)Nc2ccc3[nH]c(=O)[nH]c3c2)CC1. The molecule has 1 saturated heterocycles. The summed E-state index contributed by atoms with van der Waals surface area (Å²) >= 11 is 0. The van der Waals surface area contributed by atoms with Crippen LogP contribution < -0.4 is 11.0 Å². The molecule has 1 aliphatic rings. The van der Waals surface area contributed by atoms with Crippen molar-refractivity contribution >= 4 is 16.7 Å². The Bertz CT molecular complexity index is 652. The van der Waals surface area contributed by atoms with E-state index in [4.69, 9.17) is 0 Å². The van der Waals surface area contributed by atoms with Crippen molar-refractivity contribution in [3.05, 3.63) is 28.7 Å². The van der Waals surface area contributed by atoms with Crippen LogP contribution in [0.4, 0.5) is 5.69 Å². The number of aromatic amines is 2. The van der Waals surface area contributed by atoms with Crippen molar-refractivity contribution < 1.29 is 0 Å². The average molecular weight is 288 g/mol. The van der Waals surface area contributed by atoms with Gasteiger partial charge in [0.25, 0.3) is 0 Å². The molecule has 1 aromatic carbocycles. The lowest BCUT2D eigenvalue weighted by atomic mass is 9.90. The van der Waals surface area contributed by atoms with E-state index in [0.29, 0.717) is 12.0 Å². The Labute approximate surface area is 124 Å². The zero-order valence-electron chi connectivity index (χ0n) is 12.8. The summed E-state index contributed by atoms with van der Waals surface area (Å²) in [7, 11) is 0. The van der Waals surface area contributed by atoms with E-state index in [0.717, 1.165) is 23.3 Å². The van der Waals surface area contributed by atoms with Crippen LogP contribution >= 0.6 is 0 Å². The summed E-state index contributed by atoms with van der Waals surface area (Å²) in [6.07, 6.45) is 2.51. The van der Waals surface area contributed by atoms with Crippen molar-refractivity contribution in [1.82, 2.24) is 14.9 Å². The van der Waals surface area contributed by atoms with Crippen molar-refractivity contribution in [2.75, 3.05) is 25.0 Å². The largest absolute Gasteiger partial charge is 0.382 e. The molecule has 5 heteroatoms. The number of fused-ring (bicyclic) bond motifs is 1. The maximum atomic E-state index is 11.3. The standard InChI is InChI=1S/C16H24N4O/c1-3-20-8-6-12(7-9-20)11(2)17-13-4-5-14-15(10-13)19-16(21)18-14/h4-5,10-12,17H,3,6-9H2,1-2H3,(H2,18,19,21). The summed E-state index contributed by atoms with van der Waals surface area (Å²) in [5, 5.41) is 3.59. The molecule has 0 aliphatic carbocycles. The fraction of sp³-hybridized carbons (Fsp3) is 0.562. The first-order valence-corrected chi connectivity index (χ1v) is 7.86. The number of nitrogens with one attached hydrogen (secondary N) is 3. The third kappa shape index (κ3) is 3.13. The number of hydrogen-bond acceptors (Lipinski definition) is 3. The molecular formula is C16H24N4O. The molecule has 1 aromatic heterocycles. The number of hydrogen-bond donors (Lipinski definition) is 3. The van der Waals surface area contributed by atoms with Gasteiger partial charge < -0.3 is 20.2 Å². The summed E-state index contributed by atoms with van der Waals surface area (Å²) in [5.74, 6) is 0.716. The van der Waals surface area contributed by atoms with E-state index in [9.17, 15) is 4.79 Å². The quantitative estimate of drug-likeness (QED) is 0.809. The van der Waals surface area contributed by atoms with Gasteiger partial charge in [0, 0.05) is 11.7 Å². The molecule has 21 heavy (non-hydrogen) atoms. The van der Waals surface area contributed by atoms with Crippen molar-refractivity contribution in [1.29, 1.82) is 0 Å². The smallest absolute Gasteiger partial charge is 0.323 e. The highest BCUT2D eigenvalue weighted by atomic mass is 16.1. The number of piperidine rings is 1. The van der Waals surface area contributed by atoms with Gasteiger partial charge in [-0.15, -0.1) is 0 Å². The third-order valence-electron chi connectivity index (χ3n) is 4.70. The highest BCUT2D eigenvalue weighted by molar-refractivity contribution is 5.78. The zero-order chi connectivity index (χ0) is 14.8. The van der Waals surface area contributed by atoms with E-state index in [1.165, 1.54) is 25.9 Å². The summed E-state index contributed by atoms with van der Waals surface area (Å²) in [6, 6.07) is 6.43. The van der Waals surface area contributed by atoms with Crippen molar-refractivity contribution in [3.63, 3.8) is 0 Å². The molecule has 1 atom stereocenters. The van der Waals surface area contributed by atoms with E-state index < -0.39 is 0 Å². The second kappa shape index (κ2) is 5.93. The fourth-order valence-corrected chi connectivity index (χ4v) is 3.27. The van der Waals surface area contributed by atoms with Gasteiger partial charge in [0.15, 0.2) is 0 Å². The highest BCUT2D eigenvalue weighted by Crippen LogP contribution is 2.24. The van der Waals surface area contributed by atoms with Crippen LogP contribution in [0.25, 0.3) is 11.0 Å². The fourth-order valence-electron chi connectivity index (χ4n) is 3.27. The Morgan fingerprint density at radius 3 is 2.71 bits per heavy atom. The minimum atomic E-state index is -0.151. The highest BCUT2D eigenvalue weighted by Gasteiger charge is 2.23. The van der Waals surface area contributed by atoms with E-state index in [1.807, 2.05) is 18.2 Å². The van der Waals surface area contributed by atoms with Gasteiger partial charge in [-0.25, -0.2) is 4.79 Å². The molecule has 0 bridgehead atoms. The number of imidazole rings is 1. The van der Waals surface area contributed by atoms with Gasteiger partial charge in [-0.2, -0.15) is 0 Å². The minimum Gasteiger partial charge on any atom is -0.382 e. The summed E-state index contributed by atoms with van der Waals surface area (Å²) < 4.78 is 0. The molecule has 3 N–H and O–H groups in total. The monoisotopic (exact) mass is 288 g/mol. The Kier molecular flexibility index (Phi) is 4.01. The summed E-state index contributed by atoms with van der Waals surface area (Å²) in [5.41, 5.74) is 2.64. The van der Waals surface area contributed by atoms with Gasteiger partial charge in [0.1, 0.15) is 0 Å². The minimum absolute atomic E-state index is 0.151. The van der Waals surface area contributed by atoms with E-state index >= 15 is 0 Å². The Balaban J connectivity index is 1.65. The predicted molar refractivity (Wildman–Crippen MR) is 86.8 cm³/mol. The van der Waals surface area contributed by atoms with Gasteiger partial charge in [-0.3, -0.25) is 0 Å². The second-order valence-electron chi connectivity index (χ2n) is 6.04. The van der Waals surface area contributed by atoms with Gasteiger partial charge >= 0.3 is 5.69 Å². The lowest BCUT2D eigenvalue weighted by Gasteiger charge is -2.34. The van der Waals surface area contributed by atoms with Crippen LogP contribution in [0.15, 0.2) is 23.0 Å². The van der Waals surface area contributed by atoms with E-state index in [2.05, 4.69) is 34.0 Å². The van der Waals surface area contributed by atoms with Crippen LogP contribution in [-0.2, 0) is 0 Å². The molecule has 2 aromatic rings. The number of H-pyrrole nitrogens is 2. The lowest BCUT2D eigenvalue weighted by molar-refractivity contribution is 0.183. The number of aromatic nitrogens is 2. The molecule has 0 amide bonds. The molecule has 1 aliphatic heterocycles. The number of nitrogens with zero attached hydrogens (tertiary/aromatic N) is 1. The van der Waals surface area contributed by atoms with Crippen molar-refractivity contribution in [2.45, 2.75) is 32.7 Å². The van der Waals surface area contributed by atoms with Gasteiger partial charge in [0.2, 0.25) is 0 Å². The molecule has 2 heterocycles. The lowest BCUT2D eigenvalue weighted by Crippen LogP contribution is -2.39. The van der Waals surface area contributed by atoms with Gasteiger partial charge in [-0.05, 0) is 63.5 Å². The van der Waals surface area contributed by atoms with Gasteiger partial charge in [0.05, 0.1) is 11.0 Å². The van der Waals surface area contributed by atoms with E-state index in [1.54, 1.807) is 0 Å². The van der Waals surface area contributed by atoms with Crippen LogP contribution in [0, 0.1) is 5.92 Å². The first kappa shape index (κ1) is 14.2. The molecule has 5 nitrogen and oxygen atoms in total. The number of rotatable bonds is 4. The number of benzene rings is 1. The molecular weight excluding hydrogens is 264 g/mol. The third-order valence-corrected chi connectivity index (χ3v) is 4.70. The number of likely N-dealkylation sites (tertiary alicyclic amines) is 1. The molecule has 1 unspecified atom stereocenters. The van der Waals surface area contributed by atoms with E-state index in [-0.39, 0.29) is 5.69 Å². The molecule has 114 valence electrons. The van der Waals surface area contributed by atoms with Crippen LogP contribution in [0.5, 0.6) is 0 Å². The molecule has 0 radical (unpaired) electrons. The zero-order valence-corrected chi connectivity index (χ0v) is 12.8. The van der Waals surface area contributed by atoms with Crippen molar-refractivity contribution in [2.24, 2.45) is 5.92 Å². The molecule has 3 rings (SSSR count). The molecule has 0 spiro atoms.